The minimum atomic E-state index is -5.00. The van der Waals surface area contributed by atoms with Crippen molar-refractivity contribution in [3.8, 4) is 0 Å². The normalized spacial score (nSPS) is 19.2. The molecule has 0 aliphatic heterocycles. The van der Waals surface area contributed by atoms with Gasteiger partial charge in [0.2, 0.25) is 0 Å². The van der Waals surface area contributed by atoms with Crippen molar-refractivity contribution in [1.82, 2.24) is 5.32 Å². The third-order valence-electron chi connectivity index (χ3n) is 5.24. The van der Waals surface area contributed by atoms with Crippen molar-refractivity contribution in [2.24, 2.45) is 5.92 Å². The minimum Gasteiger partial charge on any atom is -0.352 e. The van der Waals surface area contributed by atoms with Crippen LogP contribution >= 0.6 is 0 Å². The Balaban J connectivity index is 1.62. The van der Waals surface area contributed by atoms with E-state index in [-0.39, 0.29) is 25.5 Å². The fourth-order valence-electron chi connectivity index (χ4n) is 3.40. The first-order chi connectivity index (χ1) is 15.1. The summed E-state index contributed by atoms with van der Waals surface area (Å²) in [6.45, 7) is -0.124. The number of nitrogens with one attached hydrogen (secondary N) is 1. The van der Waals surface area contributed by atoms with Crippen LogP contribution in [0.4, 0.5) is 35.1 Å². The van der Waals surface area contributed by atoms with E-state index in [9.17, 15) is 48.3 Å². The van der Waals surface area contributed by atoms with E-state index in [2.05, 4.69) is 5.32 Å². The number of benzene rings is 2. The summed E-state index contributed by atoms with van der Waals surface area (Å²) in [5.41, 5.74) is -3.51. The van der Waals surface area contributed by atoms with Gasteiger partial charge in [-0.1, -0.05) is 0 Å². The smallest absolute Gasteiger partial charge is 0.352 e. The predicted molar refractivity (Wildman–Crippen MR) is 98.8 cm³/mol. The molecule has 2 aromatic carbocycles. The second-order valence-electron chi connectivity index (χ2n) is 7.58. The van der Waals surface area contributed by atoms with Crippen molar-refractivity contribution in [2.45, 2.75) is 35.3 Å². The molecule has 1 N–H and O–H groups in total. The standard InChI is InChI=1S/C20H15F8NO3S/c21-13-6-12(19(23,24)25)7-15(8-13)33(31,32)14-3-10(4-14)9-29-18(30)11-1-2-17(22)16(5-11)20(26,27)28/h1-2,5-8,10,14H,3-4,9H2,(H,29,30)/t10-,14-. The number of rotatable bonds is 5. The zero-order valence-electron chi connectivity index (χ0n) is 16.4. The van der Waals surface area contributed by atoms with Crippen LogP contribution in [0.15, 0.2) is 41.3 Å². The van der Waals surface area contributed by atoms with E-state index >= 15 is 0 Å². The van der Waals surface area contributed by atoms with Crippen molar-refractivity contribution < 1.29 is 48.3 Å². The highest BCUT2D eigenvalue weighted by atomic mass is 32.2. The third kappa shape index (κ3) is 5.45. The average Bonchev–Trinajstić information content (AvgIpc) is 2.64. The predicted octanol–water partition coefficient (Wildman–Crippen LogP) is 4.98. The SMILES string of the molecule is O=C(NC[C@H]1C[C@H](S(=O)(=O)c2cc(F)cc(C(F)(F)F)c2)C1)c1ccc(F)c(C(F)(F)F)c1. The van der Waals surface area contributed by atoms with Gasteiger partial charge in [0.25, 0.3) is 5.91 Å². The highest BCUT2D eigenvalue weighted by Crippen LogP contribution is 2.38. The van der Waals surface area contributed by atoms with Crippen LogP contribution in [0, 0.1) is 17.6 Å². The molecule has 0 bridgehead atoms. The second-order valence-corrected chi connectivity index (χ2v) is 9.81. The molecule has 1 aliphatic carbocycles. The van der Waals surface area contributed by atoms with Gasteiger partial charge in [0.15, 0.2) is 9.84 Å². The number of hydrogen-bond donors (Lipinski definition) is 1. The second kappa shape index (κ2) is 8.58. The van der Waals surface area contributed by atoms with Crippen LogP contribution in [-0.2, 0) is 22.2 Å². The van der Waals surface area contributed by atoms with Gasteiger partial charge >= 0.3 is 12.4 Å². The number of sulfone groups is 1. The largest absolute Gasteiger partial charge is 0.419 e. The molecule has 3 rings (SSSR count). The van der Waals surface area contributed by atoms with Crippen LogP contribution in [0.5, 0.6) is 0 Å². The first kappa shape index (κ1) is 24.9. The lowest BCUT2D eigenvalue weighted by Gasteiger charge is -2.35. The fraction of sp³-hybridized carbons (Fsp3) is 0.350. The summed E-state index contributed by atoms with van der Waals surface area (Å²) in [6.07, 6.45) is -10.1. The molecule has 0 atom stereocenters. The molecule has 1 amide bonds. The van der Waals surface area contributed by atoms with Gasteiger partial charge in [-0.15, -0.1) is 0 Å². The maximum atomic E-state index is 13.5. The Kier molecular flexibility index (Phi) is 6.48. The van der Waals surface area contributed by atoms with Gasteiger partial charge in [-0.25, -0.2) is 17.2 Å². The van der Waals surface area contributed by atoms with Crippen molar-refractivity contribution in [2.75, 3.05) is 6.54 Å². The van der Waals surface area contributed by atoms with Gasteiger partial charge < -0.3 is 5.32 Å². The maximum Gasteiger partial charge on any atom is 0.419 e. The van der Waals surface area contributed by atoms with Gasteiger partial charge in [0.05, 0.1) is 21.3 Å². The van der Waals surface area contributed by atoms with Crippen LogP contribution in [-0.4, -0.2) is 26.1 Å². The number of hydrogen-bond acceptors (Lipinski definition) is 3. The molecule has 0 saturated heterocycles. The third-order valence-corrected chi connectivity index (χ3v) is 7.40. The minimum absolute atomic E-state index is 0.0578. The summed E-state index contributed by atoms with van der Waals surface area (Å²) >= 11 is 0. The lowest BCUT2D eigenvalue weighted by Crippen LogP contribution is -2.42. The number of halogens is 8. The van der Waals surface area contributed by atoms with E-state index in [0.29, 0.717) is 24.3 Å². The lowest BCUT2D eigenvalue weighted by atomic mass is 9.84. The van der Waals surface area contributed by atoms with Crippen molar-refractivity contribution in [1.29, 1.82) is 0 Å². The molecule has 33 heavy (non-hydrogen) atoms. The molecule has 1 saturated carbocycles. The number of amides is 1. The highest BCUT2D eigenvalue weighted by molar-refractivity contribution is 7.92. The summed E-state index contributed by atoms with van der Waals surface area (Å²) in [4.78, 5) is 11.3. The van der Waals surface area contributed by atoms with Crippen LogP contribution < -0.4 is 5.32 Å². The Bertz CT molecular complexity index is 1170. The topological polar surface area (TPSA) is 63.2 Å². The molecular weight excluding hydrogens is 486 g/mol. The molecule has 1 aliphatic rings. The van der Waals surface area contributed by atoms with Crippen molar-refractivity contribution in [3.05, 3.63) is 64.7 Å². The van der Waals surface area contributed by atoms with Crippen LogP contribution in [0.1, 0.15) is 34.3 Å². The molecular formula is C20H15F8NO3S. The van der Waals surface area contributed by atoms with Crippen molar-refractivity contribution in [3.63, 3.8) is 0 Å². The first-order valence-electron chi connectivity index (χ1n) is 9.35. The molecule has 1 fully saturated rings. The Hall–Kier alpha value is -2.70. The summed E-state index contributed by atoms with van der Waals surface area (Å²) in [6, 6.07) is 2.72. The van der Waals surface area contributed by atoms with Gasteiger partial charge in [-0.05, 0) is 55.2 Å². The molecule has 4 nitrogen and oxygen atoms in total. The number of carbonyl (C=O) groups excluding carboxylic acids is 1. The van der Waals surface area contributed by atoms with E-state index in [1.807, 2.05) is 0 Å². The monoisotopic (exact) mass is 501 g/mol. The summed E-state index contributed by atoms with van der Waals surface area (Å²) in [5.74, 6) is -4.26. The molecule has 180 valence electrons. The van der Waals surface area contributed by atoms with E-state index in [1.54, 1.807) is 0 Å². The van der Waals surface area contributed by atoms with Crippen LogP contribution in [0.3, 0.4) is 0 Å². The molecule has 0 spiro atoms. The van der Waals surface area contributed by atoms with Gasteiger partial charge in [-0.2, -0.15) is 26.3 Å². The van der Waals surface area contributed by atoms with Gasteiger partial charge in [-0.3, -0.25) is 4.79 Å². The first-order valence-corrected chi connectivity index (χ1v) is 10.9. The molecule has 0 radical (unpaired) electrons. The number of alkyl halides is 6. The van der Waals surface area contributed by atoms with Gasteiger partial charge in [0.1, 0.15) is 11.6 Å². The summed E-state index contributed by atoms with van der Waals surface area (Å²) in [5, 5.41) is 1.21. The fourth-order valence-corrected chi connectivity index (χ4v) is 5.40. The molecule has 0 aromatic heterocycles. The Morgan fingerprint density at radius 1 is 0.939 bits per heavy atom. The summed E-state index contributed by atoms with van der Waals surface area (Å²) in [7, 11) is -4.28. The molecule has 13 heteroatoms. The lowest BCUT2D eigenvalue weighted by molar-refractivity contribution is -0.140. The Labute approximate surface area is 182 Å². The van der Waals surface area contributed by atoms with Gasteiger partial charge in [0, 0.05) is 12.1 Å². The Morgan fingerprint density at radius 3 is 2.15 bits per heavy atom. The van der Waals surface area contributed by atoms with Crippen molar-refractivity contribution >= 4 is 15.7 Å². The molecule has 2 aromatic rings. The Morgan fingerprint density at radius 2 is 1.58 bits per heavy atom. The van der Waals surface area contributed by atoms with Crippen LogP contribution in [0.25, 0.3) is 0 Å². The van der Waals surface area contributed by atoms with E-state index in [0.717, 1.165) is 6.07 Å². The average molecular weight is 501 g/mol. The van der Waals surface area contributed by atoms with E-state index in [1.165, 1.54) is 0 Å². The molecule has 0 heterocycles. The zero-order chi connectivity index (χ0) is 24.8. The van der Waals surface area contributed by atoms with E-state index in [4.69, 9.17) is 0 Å². The van der Waals surface area contributed by atoms with E-state index < -0.39 is 72.5 Å². The highest BCUT2D eigenvalue weighted by Gasteiger charge is 2.41. The number of carbonyl (C=O) groups is 1. The summed E-state index contributed by atoms with van der Waals surface area (Å²) < 4.78 is 129. The zero-order valence-corrected chi connectivity index (χ0v) is 17.2. The van der Waals surface area contributed by atoms with Crippen LogP contribution in [0.2, 0.25) is 0 Å². The maximum absolute atomic E-state index is 13.5. The molecule has 0 unspecified atom stereocenters. The quantitative estimate of drug-likeness (QED) is 0.588.